The summed E-state index contributed by atoms with van der Waals surface area (Å²) in [5.41, 5.74) is 7.43. The zero-order valence-corrected chi connectivity index (χ0v) is 11.8. The van der Waals surface area contributed by atoms with Gasteiger partial charge in [-0.1, -0.05) is 0 Å². The molecule has 1 amide bonds. The van der Waals surface area contributed by atoms with Crippen molar-refractivity contribution in [1.82, 2.24) is 9.78 Å². The Morgan fingerprint density at radius 1 is 1.40 bits per heavy atom. The van der Waals surface area contributed by atoms with Crippen LogP contribution in [-0.4, -0.2) is 29.8 Å². The Bertz CT molecular complexity index is 591. The maximum atomic E-state index is 12.3. The van der Waals surface area contributed by atoms with E-state index < -0.39 is 6.04 Å². The fourth-order valence-electron chi connectivity index (χ4n) is 1.89. The van der Waals surface area contributed by atoms with Crippen molar-refractivity contribution < 1.29 is 9.53 Å². The van der Waals surface area contributed by atoms with Crippen LogP contribution in [0.5, 0.6) is 5.75 Å². The molecular formula is C14H18N4O2. The van der Waals surface area contributed by atoms with Gasteiger partial charge in [-0.15, -0.1) is 0 Å². The Morgan fingerprint density at radius 2 is 2.05 bits per heavy atom. The molecule has 6 nitrogen and oxygen atoms in total. The third kappa shape index (κ3) is 2.80. The molecule has 0 aliphatic carbocycles. The van der Waals surface area contributed by atoms with Crippen molar-refractivity contribution in [2.75, 3.05) is 19.1 Å². The van der Waals surface area contributed by atoms with E-state index in [9.17, 15) is 4.79 Å². The molecule has 1 aromatic heterocycles. The quantitative estimate of drug-likeness (QED) is 0.905. The fraction of sp³-hybridized carbons (Fsp3) is 0.286. The number of amides is 1. The van der Waals surface area contributed by atoms with Crippen LogP contribution in [-0.2, 0) is 11.8 Å². The molecule has 0 radical (unpaired) electrons. The fourth-order valence-corrected chi connectivity index (χ4v) is 1.89. The van der Waals surface area contributed by atoms with Crippen LogP contribution >= 0.6 is 0 Å². The number of likely N-dealkylation sites (N-methyl/N-ethyl adjacent to an activating group) is 1. The highest BCUT2D eigenvalue weighted by atomic mass is 16.5. The first-order valence-corrected chi connectivity index (χ1v) is 6.18. The highest BCUT2D eigenvalue weighted by Gasteiger charge is 2.22. The predicted molar refractivity (Wildman–Crippen MR) is 76.5 cm³/mol. The number of hydrogen-bond donors (Lipinski definition) is 1. The largest absolute Gasteiger partial charge is 0.497 e. The minimum Gasteiger partial charge on any atom is -0.497 e. The van der Waals surface area contributed by atoms with Crippen molar-refractivity contribution in [1.29, 1.82) is 0 Å². The summed E-state index contributed by atoms with van der Waals surface area (Å²) >= 11 is 0. The zero-order valence-electron chi connectivity index (χ0n) is 11.8. The van der Waals surface area contributed by atoms with E-state index in [1.165, 1.54) is 4.90 Å². The second kappa shape index (κ2) is 5.75. The monoisotopic (exact) mass is 274 g/mol. The van der Waals surface area contributed by atoms with Gasteiger partial charge in [-0.25, -0.2) is 0 Å². The molecule has 0 bridgehead atoms. The van der Waals surface area contributed by atoms with Gasteiger partial charge in [-0.2, -0.15) is 5.10 Å². The average molecular weight is 274 g/mol. The van der Waals surface area contributed by atoms with E-state index in [1.54, 1.807) is 50.4 Å². The first-order chi connectivity index (χ1) is 9.52. The number of carbonyl (C=O) groups excluding carboxylic acids is 1. The van der Waals surface area contributed by atoms with Gasteiger partial charge in [0.1, 0.15) is 11.8 Å². The maximum Gasteiger partial charge on any atom is 0.248 e. The molecule has 1 unspecified atom stereocenters. The van der Waals surface area contributed by atoms with E-state index in [1.807, 2.05) is 12.1 Å². The Balaban J connectivity index is 2.14. The van der Waals surface area contributed by atoms with Gasteiger partial charge >= 0.3 is 0 Å². The molecule has 1 aromatic carbocycles. The van der Waals surface area contributed by atoms with Crippen molar-refractivity contribution in [3.8, 4) is 5.75 Å². The lowest BCUT2D eigenvalue weighted by atomic mass is 10.1. The number of aromatic nitrogens is 2. The normalized spacial score (nSPS) is 12.0. The molecule has 1 atom stereocenters. The summed E-state index contributed by atoms with van der Waals surface area (Å²) in [6.45, 7) is 0. The summed E-state index contributed by atoms with van der Waals surface area (Å²) in [4.78, 5) is 13.9. The highest BCUT2D eigenvalue weighted by molar-refractivity contribution is 5.97. The van der Waals surface area contributed by atoms with Crippen molar-refractivity contribution in [3.63, 3.8) is 0 Å². The number of aryl methyl sites for hydroxylation is 1. The molecule has 0 fully saturated rings. The Morgan fingerprint density at radius 3 is 2.55 bits per heavy atom. The number of carbonyl (C=O) groups is 1. The summed E-state index contributed by atoms with van der Waals surface area (Å²) in [5.74, 6) is 0.550. The summed E-state index contributed by atoms with van der Waals surface area (Å²) in [7, 11) is 5.08. The first-order valence-electron chi connectivity index (χ1n) is 6.18. The molecule has 0 aliphatic heterocycles. The van der Waals surface area contributed by atoms with Crippen molar-refractivity contribution in [2.24, 2.45) is 12.8 Å². The van der Waals surface area contributed by atoms with Gasteiger partial charge in [0.2, 0.25) is 5.91 Å². The molecule has 6 heteroatoms. The van der Waals surface area contributed by atoms with E-state index in [-0.39, 0.29) is 5.91 Å². The number of hydrogen-bond acceptors (Lipinski definition) is 4. The maximum absolute atomic E-state index is 12.3. The second-order valence-electron chi connectivity index (χ2n) is 4.52. The van der Waals surface area contributed by atoms with Gasteiger partial charge in [0.05, 0.1) is 13.3 Å². The molecule has 0 saturated heterocycles. The van der Waals surface area contributed by atoms with Gasteiger partial charge in [0.25, 0.3) is 0 Å². The number of ether oxygens (including phenoxy) is 1. The van der Waals surface area contributed by atoms with Crippen molar-refractivity contribution in [3.05, 3.63) is 42.2 Å². The molecular weight excluding hydrogens is 256 g/mol. The van der Waals surface area contributed by atoms with Crippen molar-refractivity contribution in [2.45, 2.75) is 6.04 Å². The lowest BCUT2D eigenvalue weighted by Gasteiger charge is -2.21. The topological polar surface area (TPSA) is 73.4 Å². The third-order valence-corrected chi connectivity index (χ3v) is 3.14. The van der Waals surface area contributed by atoms with Crippen LogP contribution < -0.4 is 15.4 Å². The highest BCUT2D eigenvalue weighted by Crippen LogP contribution is 2.21. The van der Waals surface area contributed by atoms with E-state index in [4.69, 9.17) is 10.5 Å². The van der Waals surface area contributed by atoms with Gasteiger partial charge < -0.3 is 15.4 Å². The van der Waals surface area contributed by atoms with Crippen LogP contribution in [0.3, 0.4) is 0 Å². The smallest absolute Gasteiger partial charge is 0.248 e. The Kier molecular flexibility index (Phi) is 4.05. The minimum atomic E-state index is -0.726. The van der Waals surface area contributed by atoms with Crippen LogP contribution in [0.2, 0.25) is 0 Å². The van der Waals surface area contributed by atoms with E-state index in [0.29, 0.717) is 5.56 Å². The van der Waals surface area contributed by atoms with Gasteiger partial charge in [0.15, 0.2) is 0 Å². The molecule has 0 aliphatic rings. The number of nitrogens with zero attached hydrogens (tertiary/aromatic N) is 3. The Labute approximate surface area is 117 Å². The Hall–Kier alpha value is -2.34. The van der Waals surface area contributed by atoms with Crippen molar-refractivity contribution >= 4 is 11.6 Å². The van der Waals surface area contributed by atoms with Gasteiger partial charge in [-0.3, -0.25) is 9.48 Å². The molecule has 0 saturated carbocycles. The minimum absolute atomic E-state index is 0.192. The summed E-state index contributed by atoms with van der Waals surface area (Å²) in [6, 6.07) is 6.50. The van der Waals surface area contributed by atoms with Crippen LogP contribution in [0.1, 0.15) is 11.6 Å². The first kappa shape index (κ1) is 14.1. The number of methoxy groups -OCH3 is 1. The van der Waals surface area contributed by atoms with Crippen LogP contribution in [0, 0.1) is 0 Å². The lowest BCUT2D eigenvalue weighted by molar-refractivity contribution is -0.119. The van der Waals surface area contributed by atoms with Crippen LogP contribution in [0.25, 0.3) is 0 Å². The van der Waals surface area contributed by atoms with Crippen LogP contribution in [0.4, 0.5) is 5.69 Å². The summed E-state index contributed by atoms with van der Waals surface area (Å²) in [6.07, 6.45) is 3.34. The van der Waals surface area contributed by atoms with E-state index >= 15 is 0 Å². The molecule has 2 N–H and O–H groups in total. The van der Waals surface area contributed by atoms with E-state index in [2.05, 4.69) is 5.10 Å². The number of benzene rings is 1. The molecule has 2 aromatic rings. The summed E-state index contributed by atoms with van der Waals surface area (Å²) < 4.78 is 6.71. The predicted octanol–water partition coefficient (Wildman–Crippen LogP) is 1.09. The van der Waals surface area contributed by atoms with Crippen LogP contribution in [0.15, 0.2) is 36.7 Å². The zero-order chi connectivity index (χ0) is 14.7. The van der Waals surface area contributed by atoms with E-state index in [0.717, 1.165) is 11.4 Å². The second-order valence-corrected chi connectivity index (χ2v) is 4.52. The lowest BCUT2D eigenvalue weighted by Crippen LogP contribution is -2.35. The third-order valence-electron chi connectivity index (χ3n) is 3.14. The standard InChI is InChI=1S/C14H18N4O2/c1-17-9-10(8-16-17)13(15)14(19)18(2)11-4-6-12(20-3)7-5-11/h4-9,13H,15H2,1-3H3. The molecule has 20 heavy (non-hydrogen) atoms. The van der Waals surface area contributed by atoms with Gasteiger partial charge in [0, 0.05) is 31.5 Å². The number of rotatable bonds is 4. The summed E-state index contributed by atoms with van der Waals surface area (Å²) in [5, 5.41) is 4.02. The molecule has 1 heterocycles. The molecule has 2 rings (SSSR count). The average Bonchev–Trinajstić information content (AvgIpc) is 2.91. The SMILES string of the molecule is COc1ccc(N(C)C(=O)C(N)c2cnn(C)c2)cc1. The van der Waals surface area contributed by atoms with Gasteiger partial charge in [-0.05, 0) is 24.3 Å². The molecule has 0 spiro atoms. The number of anilines is 1. The number of nitrogens with two attached hydrogens (primary N) is 1. The molecule has 106 valence electrons.